The largest absolute Gasteiger partial charge is 0.467 e. The van der Waals surface area contributed by atoms with Crippen molar-refractivity contribution in [3.05, 3.63) is 24.2 Å². The lowest BCUT2D eigenvalue weighted by molar-refractivity contribution is -0.122. The molecule has 4 heteroatoms. The number of carbonyl (C=O) groups is 1. The molecule has 0 fully saturated rings. The summed E-state index contributed by atoms with van der Waals surface area (Å²) in [5, 5.41) is 2.92. The van der Waals surface area contributed by atoms with Gasteiger partial charge in [0.1, 0.15) is 5.76 Å². The molecule has 0 bridgehead atoms. The number of nitrogens with two attached hydrogens (primary N) is 1. The normalized spacial score (nSPS) is 14.3. The molecule has 1 aromatic heterocycles. The molecule has 0 saturated heterocycles. The average molecular weight is 238 g/mol. The standard InChI is InChI=1S/C13H22N2O2/c1-10(7-8-14)5-6-13(16)15-11(2)12-4-3-9-17-12/h3-4,9-11H,5-8,14H2,1-2H3,(H,15,16)/t10?,11-/m0/s1. The molecule has 0 aliphatic rings. The number of hydrogen-bond donors (Lipinski definition) is 2. The van der Waals surface area contributed by atoms with E-state index in [1.54, 1.807) is 6.26 Å². The first-order valence-corrected chi connectivity index (χ1v) is 6.16. The molecular weight excluding hydrogens is 216 g/mol. The van der Waals surface area contributed by atoms with Crippen LogP contribution in [0, 0.1) is 5.92 Å². The summed E-state index contributed by atoms with van der Waals surface area (Å²) in [5.74, 6) is 1.36. The van der Waals surface area contributed by atoms with E-state index in [-0.39, 0.29) is 11.9 Å². The SMILES string of the molecule is CC(CCN)CCC(=O)N[C@@H](C)c1ccco1. The predicted octanol–water partition coefficient (Wildman–Crippen LogP) is 2.22. The van der Waals surface area contributed by atoms with Gasteiger partial charge in [0, 0.05) is 6.42 Å². The van der Waals surface area contributed by atoms with E-state index in [1.165, 1.54) is 0 Å². The van der Waals surface area contributed by atoms with Crippen molar-refractivity contribution in [3.8, 4) is 0 Å². The Labute approximate surface area is 103 Å². The van der Waals surface area contributed by atoms with Gasteiger partial charge < -0.3 is 15.5 Å². The summed E-state index contributed by atoms with van der Waals surface area (Å²) in [5.41, 5.74) is 5.47. The number of carbonyl (C=O) groups excluding carboxylic acids is 1. The molecule has 0 aliphatic carbocycles. The summed E-state index contributed by atoms with van der Waals surface area (Å²) in [6, 6.07) is 3.62. The summed E-state index contributed by atoms with van der Waals surface area (Å²) in [7, 11) is 0. The summed E-state index contributed by atoms with van der Waals surface area (Å²) in [6.07, 6.45) is 4.02. The molecular formula is C13H22N2O2. The molecule has 17 heavy (non-hydrogen) atoms. The maximum Gasteiger partial charge on any atom is 0.220 e. The van der Waals surface area contributed by atoms with Crippen LogP contribution in [0.5, 0.6) is 0 Å². The van der Waals surface area contributed by atoms with E-state index in [0.29, 0.717) is 18.9 Å². The van der Waals surface area contributed by atoms with Crippen molar-refractivity contribution in [1.29, 1.82) is 0 Å². The smallest absolute Gasteiger partial charge is 0.220 e. The fourth-order valence-electron chi connectivity index (χ4n) is 1.73. The van der Waals surface area contributed by atoms with Crippen molar-refractivity contribution in [3.63, 3.8) is 0 Å². The van der Waals surface area contributed by atoms with E-state index >= 15 is 0 Å². The average Bonchev–Trinajstić information content (AvgIpc) is 2.80. The first-order chi connectivity index (χ1) is 8.13. The molecule has 0 radical (unpaired) electrons. The maximum absolute atomic E-state index is 11.7. The van der Waals surface area contributed by atoms with Crippen molar-refractivity contribution in [2.75, 3.05) is 6.54 Å². The first-order valence-electron chi connectivity index (χ1n) is 6.16. The van der Waals surface area contributed by atoms with Gasteiger partial charge in [-0.3, -0.25) is 4.79 Å². The van der Waals surface area contributed by atoms with Gasteiger partial charge in [-0.25, -0.2) is 0 Å². The zero-order valence-electron chi connectivity index (χ0n) is 10.6. The van der Waals surface area contributed by atoms with E-state index in [2.05, 4.69) is 12.2 Å². The van der Waals surface area contributed by atoms with Gasteiger partial charge in [-0.1, -0.05) is 6.92 Å². The quantitative estimate of drug-likeness (QED) is 0.765. The highest BCUT2D eigenvalue weighted by atomic mass is 16.3. The molecule has 1 rings (SSSR count). The highest BCUT2D eigenvalue weighted by Crippen LogP contribution is 2.14. The number of nitrogens with one attached hydrogen (secondary N) is 1. The van der Waals surface area contributed by atoms with E-state index in [4.69, 9.17) is 10.2 Å². The van der Waals surface area contributed by atoms with Gasteiger partial charge in [-0.2, -0.15) is 0 Å². The fraction of sp³-hybridized carbons (Fsp3) is 0.615. The van der Waals surface area contributed by atoms with E-state index in [1.807, 2.05) is 19.1 Å². The third-order valence-electron chi connectivity index (χ3n) is 2.87. The van der Waals surface area contributed by atoms with Crippen molar-refractivity contribution >= 4 is 5.91 Å². The first kappa shape index (κ1) is 13.8. The molecule has 1 aromatic rings. The van der Waals surface area contributed by atoms with Crippen molar-refractivity contribution < 1.29 is 9.21 Å². The molecule has 96 valence electrons. The molecule has 1 heterocycles. The number of hydrogen-bond acceptors (Lipinski definition) is 3. The van der Waals surface area contributed by atoms with E-state index < -0.39 is 0 Å². The Kier molecular flexibility index (Phi) is 5.77. The van der Waals surface area contributed by atoms with Crippen LogP contribution >= 0.6 is 0 Å². The summed E-state index contributed by atoms with van der Waals surface area (Å²) < 4.78 is 5.23. The minimum absolute atomic E-state index is 0.0673. The van der Waals surface area contributed by atoms with Crippen LogP contribution in [0.1, 0.15) is 44.9 Å². The van der Waals surface area contributed by atoms with Crippen LogP contribution in [0.4, 0.5) is 0 Å². The third-order valence-corrected chi connectivity index (χ3v) is 2.87. The van der Waals surface area contributed by atoms with Crippen LogP contribution in [0.25, 0.3) is 0 Å². The molecule has 0 aliphatic heterocycles. The van der Waals surface area contributed by atoms with Gasteiger partial charge in [0.2, 0.25) is 5.91 Å². The van der Waals surface area contributed by atoms with Gasteiger partial charge >= 0.3 is 0 Å². The number of amides is 1. The molecule has 3 N–H and O–H groups in total. The monoisotopic (exact) mass is 238 g/mol. The Balaban J connectivity index is 2.25. The molecule has 1 unspecified atom stereocenters. The second-order valence-electron chi connectivity index (χ2n) is 4.53. The highest BCUT2D eigenvalue weighted by molar-refractivity contribution is 5.76. The van der Waals surface area contributed by atoms with Gasteiger partial charge in [0.25, 0.3) is 0 Å². The Bertz CT molecular complexity index is 322. The van der Waals surface area contributed by atoms with Crippen LogP contribution in [-0.4, -0.2) is 12.5 Å². The van der Waals surface area contributed by atoms with E-state index in [0.717, 1.165) is 18.6 Å². The third kappa shape index (κ3) is 5.04. The summed E-state index contributed by atoms with van der Waals surface area (Å²) in [6.45, 7) is 4.72. The Morgan fingerprint density at radius 3 is 2.82 bits per heavy atom. The molecule has 0 aromatic carbocycles. The Morgan fingerprint density at radius 2 is 2.24 bits per heavy atom. The van der Waals surface area contributed by atoms with Crippen molar-refractivity contribution in [2.24, 2.45) is 11.7 Å². The lowest BCUT2D eigenvalue weighted by Crippen LogP contribution is -2.26. The fourth-order valence-corrected chi connectivity index (χ4v) is 1.73. The molecule has 0 spiro atoms. The Morgan fingerprint density at radius 1 is 1.47 bits per heavy atom. The molecule has 2 atom stereocenters. The molecule has 0 saturated carbocycles. The minimum atomic E-state index is -0.0673. The summed E-state index contributed by atoms with van der Waals surface area (Å²) in [4.78, 5) is 11.7. The van der Waals surface area contributed by atoms with Gasteiger partial charge in [0.15, 0.2) is 0 Å². The lowest BCUT2D eigenvalue weighted by atomic mass is 10.0. The van der Waals surface area contributed by atoms with Crippen LogP contribution in [0.2, 0.25) is 0 Å². The van der Waals surface area contributed by atoms with Gasteiger partial charge in [-0.15, -0.1) is 0 Å². The second kappa shape index (κ2) is 7.12. The minimum Gasteiger partial charge on any atom is -0.467 e. The lowest BCUT2D eigenvalue weighted by Gasteiger charge is -2.13. The maximum atomic E-state index is 11.7. The zero-order chi connectivity index (χ0) is 12.7. The van der Waals surface area contributed by atoms with Crippen molar-refractivity contribution in [2.45, 2.75) is 39.2 Å². The topological polar surface area (TPSA) is 68.3 Å². The highest BCUT2D eigenvalue weighted by Gasteiger charge is 2.12. The second-order valence-corrected chi connectivity index (χ2v) is 4.53. The predicted molar refractivity (Wildman–Crippen MR) is 67.3 cm³/mol. The number of rotatable bonds is 7. The van der Waals surface area contributed by atoms with Crippen molar-refractivity contribution in [1.82, 2.24) is 5.32 Å². The Hall–Kier alpha value is -1.29. The van der Waals surface area contributed by atoms with Gasteiger partial charge in [0.05, 0.1) is 12.3 Å². The van der Waals surface area contributed by atoms with Gasteiger partial charge in [-0.05, 0) is 44.4 Å². The van der Waals surface area contributed by atoms with Crippen LogP contribution < -0.4 is 11.1 Å². The van der Waals surface area contributed by atoms with Crippen LogP contribution in [-0.2, 0) is 4.79 Å². The van der Waals surface area contributed by atoms with E-state index in [9.17, 15) is 4.79 Å². The van der Waals surface area contributed by atoms with Crippen LogP contribution in [0.15, 0.2) is 22.8 Å². The van der Waals surface area contributed by atoms with Crippen LogP contribution in [0.3, 0.4) is 0 Å². The molecule has 4 nitrogen and oxygen atoms in total. The molecule has 1 amide bonds. The zero-order valence-corrected chi connectivity index (χ0v) is 10.6. The number of furan rings is 1. The summed E-state index contributed by atoms with van der Waals surface area (Å²) >= 11 is 0.